The van der Waals surface area contributed by atoms with Gasteiger partial charge in [0, 0.05) is 6.07 Å². The minimum Gasteiger partial charge on any atom is -0.489 e. The van der Waals surface area contributed by atoms with Crippen molar-refractivity contribution in [1.29, 1.82) is 0 Å². The number of carbonyl (C=O) groups excluding carboxylic acids is 1. The minimum absolute atomic E-state index is 0.192. The number of amides is 1. The Morgan fingerprint density at radius 1 is 1.30 bits per heavy atom. The number of hydrogen-bond acceptors (Lipinski definition) is 4. The van der Waals surface area contributed by atoms with E-state index >= 15 is 0 Å². The molecule has 1 amide bonds. The van der Waals surface area contributed by atoms with Crippen molar-refractivity contribution in [1.82, 2.24) is 5.43 Å². The van der Waals surface area contributed by atoms with Crippen LogP contribution in [0.3, 0.4) is 0 Å². The maximum absolute atomic E-state index is 11.3. The van der Waals surface area contributed by atoms with Crippen LogP contribution in [-0.4, -0.2) is 24.7 Å². The fourth-order valence-corrected chi connectivity index (χ4v) is 2.50. The second kappa shape index (κ2) is 6.83. The fraction of sp³-hybridized carbons (Fsp3) is 0.417. The van der Waals surface area contributed by atoms with Crippen molar-refractivity contribution >= 4 is 40.7 Å². The monoisotopic (exact) mass is 338 g/mol. The molecule has 1 aromatic rings. The average molecular weight is 340 g/mol. The third kappa shape index (κ3) is 3.68. The summed E-state index contributed by atoms with van der Waals surface area (Å²) in [5.74, 6) is 5.15. The highest BCUT2D eigenvalue weighted by atomic mass is 35.5. The van der Waals surface area contributed by atoms with Gasteiger partial charge in [0.15, 0.2) is 0 Å². The molecule has 2 rings (SSSR count). The number of ether oxygens (including phenoxy) is 2. The van der Waals surface area contributed by atoms with Gasteiger partial charge in [0.2, 0.25) is 0 Å². The summed E-state index contributed by atoms with van der Waals surface area (Å²) in [7, 11) is 0. The second-order valence-corrected chi connectivity index (χ2v) is 5.56. The predicted molar refractivity (Wildman–Crippen MR) is 77.2 cm³/mol. The number of hydrogen-bond donors (Lipinski definition) is 2. The smallest absolute Gasteiger partial charge is 0.263 e. The first kappa shape index (κ1) is 15.7. The van der Waals surface area contributed by atoms with E-state index in [0.29, 0.717) is 33.7 Å². The molecule has 0 aromatic heterocycles. The summed E-state index contributed by atoms with van der Waals surface area (Å²) >= 11 is 17.7. The van der Waals surface area contributed by atoms with Gasteiger partial charge in [-0.1, -0.05) is 34.8 Å². The Balaban J connectivity index is 1.91. The molecule has 0 saturated carbocycles. The summed E-state index contributed by atoms with van der Waals surface area (Å²) in [4.78, 5) is 11.3. The lowest BCUT2D eigenvalue weighted by atomic mass is 10.2. The molecule has 20 heavy (non-hydrogen) atoms. The largest absolute Gasteiger partial charge is 0.489 e. The van der Waals surface area contributed by atoms with E-state index in [1.165, 1.54) is 6.07 Å². The fourth-order valence-electron chi connectivity index (χ4n) is 1.91. The van der Waals surface area contributed by atoms with Crippen molar-refractivity contribution < 1.29 is 14.3 Å². The lowest BCUT2D eigenvalue weighted by Gasteiger charge is -2.15. The van der Waals surface area contributed by atoms with Gasteiger partial charge < -0.3 is 9.47 Å². The van der Waals surface area contributed by atoms with Gasteiger partial charge in [0.1, 0.15) is 18.5 Å². The van der Waals surface area contributed by atoms with Crippen molar-refractivity contribution in [3.8, 4) is 5.75 Å². The van der Waals surface area contributed by atoms with E-state index in [1.807, 2.05) is 0 Å². The Morgan fingerprint density at radius 3 is 2.70 bits per heavy atom. The van der Waals surface area contributed by atoms with Gasteiger partial charge in [-0.05, 0) is 18.9 Å². The molecule has 1 heterocycles. The summed E-state index contributed by atoms with van der Waals surface area (Å²) in [5.41, 5.74) is 2.07. The van der Waals surface area contributed by atoms with Crippen LogP contribution >= 0.6 is 34.8 Å². The van der Waals surface area contributed by atoms with Gasteiger partial charge in [-0.3, -0.25) is 10.2 Å². The second-order valence-electron chi connectivity index (χ2n) is 4.34. The highest BCUT2D eigenvalue weighted by Gasteiger charge is 2.30. The summed E-state index contributed by atoms with van der Waals surface area (Å²) < 4.78 is 11.1. The molecule has 1 aliphatic heterocycles. The number of nitrogens with one attached hydrogen (secondary N) is 1. The first-order valence-electron chi connectivity index (χ1n) is 5.94. The molecule has 1 aromatic carbocycles. The zero-order chi connectivity index (χ0) is 14.7. The third-order valence-corrected chi connectivity index (χ3v) is 3.96. The van der Waals surface area contributed by atoms with Crippen molar-refractivity contribution in [2.24, 2.45) is 5.84 Å². The summed E-state index contributed by atoms with van der Waals surface area (Å²) in [6.45, 7) is 0.270. The molecule has 0 spiro atoms. The van der Waals surface area contributed by atoms with Crippen molar-refractivity contribution in [2.45, 2.75) is 25.0 Å². The standard InChI is InChI=1S/C12H13Cl3N2O3/c13-7-3-9(15)11(4-8(7)14)19-5-6-1-2-10(20-6)12(18)17-16/h3-4,6,10H,1-2,5,16H2,(H,17,18). The Bertz CT molecular complexity index is 513. The van der Waals surface area contributed by atoms with Crippen LogP contribution in [0.15, 0.2) is 12.1 Å². The van der Waals surface area contributed by atoms with Crippen molar-refractivity contribution in [3.05, 3.63) is 27.2 Å². The van der Waals surface area contributed by atoms with E-state index in [1.54, 1.807) is 6.07 Å². The van der Waals surface area contributed by atoms with Crippen molar-refractivity contribution in [2.75, 3.05) is 6.61 Å². The van der Waals surface area contributed by atoms with Gasteiger partial charge >= 0.3 is 0 Å². The van der Waals surface area contributed by atoms with Crippen LogP contribution in [0.2, 0.25) is 15.1 Å². The number of benzene rings is 1. The maximum Gasteiger partial charge on any atom is 0.263 e. The first-order chi connectivity index (χ1) is 9.51. The van der Waals surface area contributed by atoms with Crippen LogP contribution in [0.25, 0.3) is 0 Å². The highest BCUT2D eigenvalue weighted by molar-refractivity contribution is 6.43. The van der Waals surface area contributed by atoms with E-state index in [-0.39, 0.29) is 18.6 Å². The number of carbonyl (C=O) groups is 1. The van der Waals surface area contributed by atoms with E-state index in [9.17, 15) is 4.79 Å². The van der Waals surface area contributed by atoms with E-state index in [4.69, 9.17) is 50.1 Å². The Kier molecular flexibility index (Phi) is 5.35. The predicted octanol–water partition coefficient (Wildman–Crippen LogP) is 2.56. The van der Waals surface area contributed by atoms with Crippen LogP contribution in [0.4, 0.5) is 0 Å². The van der Waals surface area contributed by atoms with Crippen LogP contribution in [0.1, 0.15) is 12.8 Å². The van der Waals surface area contributed by atoms with E-state index in [2.05, 4.69) is 5.43 Å². The van der Waals surface area contributed by atoms with Crippen molar-refractivity contribution in [3.63, 3.8) is 0 Å². The normalized spacial score (nSPS) is 21.8. The zero-order valence-corrected chi connectivity index (χ0v) is 12.6. The van der Waals surface area contributed by atoms with Gasteiger partial charge in [-0.15, -0.1) is 0 Å². The van der Waals surface area contributed by atoms with E-state index in [0.717, 1.165) is 0 Å². The lowest BCUT2D eigenvalue weighted by molar-refractivity contribution is -0.132. The zero-order valence-electron chi connectivity index (χ0n) is 10.4. The molecule has 0 bridgehead atoms. The number of hydrazine groups is 1. The third-order valence-electron chi connectivity index (χ3n) is 2.94. The molecule has 110 valence electrons. The molecule has 0 aliphatic carbocycles. The van der Waals surface area contributed by atoms with Gasteiger partial charge in [-0.2, -0.15) is 0 Å². The Morgan fingerprint density at radius 2 is 2.00 bits per heavy atom. The first-order valence-corrected chi connectivity index (χ1v) is 7.08. The Hall–Kier alpha value is -0.720. The minimum atomic E-state index is -0.530. The lowest BCUT2D eigenvalue weighted by Crippen LogP contribution is -2.39. The molecule has 1 fully saturated rings. The molecule has 2 unspecified atom stereocenters. The van der Waals surface area contributed by atoms with Crippen LogP contribution < -0.4 is 16.0 Å². The summed E-state index contributed by atoms with van der Waals surface area (Å²) in [5, 5.41) is 1.09. The average Bonchev–Trinajstić information content (AvgIpc) is 2.89. The summed E-state index contributed by atoms with van der Waals surface area (Å²) in [6.07, 6.45) is 0.587. The molecular formula is C12H13Cl3N2O3. The van der Waals surface area contributed by atoms with Crippen LogP contribution in [-0.2, 0) is 9.53 Å². The molecule has 0 radical (unpaired) electrons. The maximum atomic E-state index is 11.3. The Labute approximate surface area is 131 Å². The van der Waals surface area contributed by atoms with E-state index < -0.39 is 6.10 Å². The highest BCUT2D eigenvalue weighted by Crippen LogP contribution is 2.34. The summed E-state index contributed by atoms with van der Waals surface area (Å²) in [6, 6.07) is 3.06. The molecule has 2 atom stereocenters. The quantitative estimate of drug-likeness (QED) is 0.383. The van der Waals surface area contributed by atoms with Crippen LogP contribution in [0.5, 0.6) is 5.75 Å². The molecule has 1 saturated heterocycles. The van der Waals surface area contributed by atoms with Gasteiger partial charge in [-0.25, -0.2) is 5.84 Å². The SMILES string of the molecule is NNC(=O)C1CCC(COc2cc(Cl)c(Cl)cc2Cl)O1. The number of nitrogens with two attached hydrogens (primary N) is 1. The topological polar surface area (TPSA) is 73.6 Å². The molecule has 3 N–H and O–H groups in total. The molecule has 1 aliphatic rings. The van der Waals surface area contributed by atoms with Gasteiger partial charge in [0.05, 0.1) is 21.2 Å². The number of rotatable bonds is 4. The van der Waals surface area contributed by atoms with Gasteiger partial charge in [0.25, 0.3) is 5.91 Å². The number of halogens is 3. The molecular weight excluding hydrogens is 327 g/mol. The molecule has 8 heteroatoms. The van der Waals surface area contributed by atoms with Crippen LogP contribution in [0, 0.1) is 0 Å². The molecule has 5 nitrogen and oxygen atoms in total.